The van der Waals surface area contributed by atoms with Crippen LogP contribution >= 0.6 is 0 Å². The zero-order valence-electron chi connectivity index (χ0n) is 11.9. The summed E-state index contributed by atoms with van der Waals surface area (Å²) in [5.41, 5.74) is 0. The maximum Gasteiger partial charge on any atom is 0.187 e. The molecule has 98 valence electrons. The molecule has 0 bridgehead atoms. The van der Waals surface area contributed by atoms with E-state index in [1.807, 2.05) is 0 Å². The van der Waals surface area contributed by atoms with Crippen molar-refractivity contribution in [3.8, 4) is 0 Å². The second-order valence-electron chi connectivity index (χ2n) is 5.96. The van der Waals surface area contributed by atoms with Crippen LogP contribution in [-0.2, 0) is 13.3 Å². The molecule has 0 radical (unpaired) electrons. The van der Waals surface area contributed by atoms with Crippen LogP contribution in [0.1, 0.15) is 6.92 Å². The summed E-state index contributed by atoms with van der Waals surface area (Å²) >= 11 is 0. The maximum absolute atomic E-state index is 6.01. The number of rotatable bonds is 8. The Morgan fingerprint density at radius 1 is 0.938 bits per heavy atom. The third-order valence-electron chi connectivity index (χ3n) is 1.57. The van der Waals surface area contributed by atoms with E-state index >= 15 is 0 Å². The SMILES string of the molecule is CC[SiH2]OCC(O[Si](C)(C)C)O[Si](C)(C)C. The highest BCUT2D eigenvalue weighted by atomic mass is 28.4. The van der Waals surface area contributed by atoms with Gasteiger partial charge in [0.05, 0.1) is 6.61 Å². The predicted molar refractivity (Wildman–Crippen MR) is 77.6 cm³/mol. The van der Waals surface area contributed by atoms with Gasteiger partial charge in [0.2, 0.25) is 0 Å². The van der Waals surface area contributed by atoms with Crippen molar-refractivity contribution in [3.63, 3.8) is 0 Å². The minimum Gasteiger partial charge on any atom is -0.419 e. The molecule has 0 aliphatic carbocycles. The average Bonchev–Trinajstić information content (AvgIpc) is 1.97. The molecule has 6 heteroatoms. The Labute approximate surface area is 105 Å². The summed E-state index contributed by atoms with van der Waals surface area (Å²) in [7, 11) is -3.45. The molecule has 0 rings (SSSR count). The Hall–Kier alpha value is 0.531. The van der Waals surface area contributed by atoms with Crippen molar-refractivity contribution < 1.29 is 13.3 Å². The van der Waals surface area contributed by atoms with Crippen LogP contribution < -0.4 is 0 Å². The lowest BCUT2D eigenvalue weighted by molar-refractivity contribution is -0.0390. The predicted octanol–water partition coefficient (Wildman–Crippen LogP) is 2.55. The highest BCUT2D eigenvalue weighted by Crippen LogP contribution is 2.14. The average molecular weight is 281 g/mol. The molecule has 0 aromatic heterocycles. The Morgan fingerprint density at radius 2 is 1.38 bits per heavy atom. The van der Waals surface area contributed by atoms with E-state index in [1.54, 1.807) is 0 Å². The summed E-state index contributed by atoms with van der Waals surface area (Å²) in [5.74, 6) is 0. The van der Waals surface area contributed by atoms with Crippen molar-refractivity contribution in [3.05, 3.63) is 0 Å². The third kappa shape index (κ3) is 11.0. The van der Waals surface area contributed by atoms with Crippen LogP contribution in [0.4, 0.5) is 0 Å². The van der Waals surface area contributed by atoms with Gasteiger partial charge in [0, 0.05) is 0 Å². The molecule has 0 N–H and O–H groups in total. The van der Waals surface area contributed by atoms with E-state index in [4.69, 9.17) is 13.3 Å². The van der Waals surface area contributed by atoms with Crippen LogP contribution in [0.15, 0.2) is 0 Å². The van der Waals surface area contributed by atoms with Gasteiger partial charge in [0.1, 0.15) is 0 Å². The van der Waals surface area contributed by atoms with Crippen molar-refractivity contribution in [2.75, 3.05) is 6.61 Å². The van der Waals surface area contributed by atoms with E-state index in [1.165, 1.54) is 6.04 Å². The molecule has 3 nitrogen and oxygen atoms in total. The zero-order chi connectivity index (χ0) is 12.8. The van der Waals surface area contributed by atoms with Crippen LogP contribution in [0.3, 0.4) is 0 Å². The van der Waals surface area contributed by atoms with Crippen molar-refractivity contribution in [1.82, 2.24) is 0 Å². The van der Waals surface area contributed by atoms with Gasteiger partial charge in [-0.05, 0) is 45.3 Å². The van der Waals surface area contributed by atoms with Crippen molar-refractivity contribution in [2.45, 2.75) is 58.5 Å². The second kappa shape index (κ2) is 7.07. The number of hydrogen-bond donors (Lipinski definition) is 0. The van der Waals surface area contributed by atoms with Gasteiger partial charge in [0.25, 0.3) is 0 Å². The van der Waals surface area contributed by atoms with Crippen LogP contribution in [0.2, 0.25) is 45.3 Å². The normalized spacial score (nSPS) is 14.2. The smallest absolute Gasteiger partial charge is 0.187 e. The van der Waals surface area contributed by atoms with Crippen LogP contribution in [0.5, 0.6) is 0 Å². The largest absolute Gasteiger partial charge is 0.419 e. The Balaban J connectivity index is 4.17. The molecule has 0 aliphatic heterocycles. The van der Waals surface area contributed by atoms with Gasteiger partial charge in [0.15, 0.2) is 32.7 Å². The molecular formula is C10H28O3Si3. The van der Waals surface area contributed by atoms with E-state index in [0.29, 0.717) is 6.61 Å². The van der Waals surface area contributed by atoms with Gasteiger partial charge < -0.3 is 13.3 Å². The van der Waals surface area contributed by atoms with Crippen LogP contribution in [0.25, 0.3) is 0 Å². The van der Waals surface area contributed by atoms with E-state index < -0.39 is 16.6 Å². The second-order valence-corrected chi connectivity index (χ2v) is 16.7. The first-order valence-electron chi connectivity index (χ1n) is 6.07. The summed E-state index contributed by atoms with van der Waals surface area (Å²) in [6.45, 7) is 15.9. The van der Waals surface area contributed by atoms with Crippen LogP contribution in [0, 0.1) is 0 Å². The lowest BCUT2D eigenvalue weighted by Gasteiger charge is -2.31. The molecule has 16 heavy (non-hydrogen) atoms. The summed E-state index contributed by atoms with van der Waals surface area (Å²) < 4.78 is 17.7. The quantitative estimate of drug-likeness (QED) is 0.388. The van der Waals surface area contributed by atoms with Gasteiger partial charge in [-0.15, -0.1) is 0 Å². The molecule has 0 aromatic carbocycles. The lowest BCUT2D eigenvalue weighted by atomic mass is 10.7. The van der Waals surface area contributed by atoms with Crippen molar-refractivity contribution in [1.29, 1.82) is 0 Å². The molecule has 0 unspecified atom stereocenters. The van der Waals surface area contributed by atoms with Gasteiger partial charge in [-0.1, -0.05) is 6.92 Å². The number of hydrogen-bond acceptors (Lipinski definition) is 3. The lowest BCUT2D eigenvalue weighted by Crippen LogP contribution is -2.42. The first-order chi connectivity index (χ1) is 7.14. The monoisotopic (exact) mass is 280 g/mol. The van der Waals surface area contributed by atoms with Gasteiger partial charge >= 0.3 is 0 Å². The van der Waals surface area contributed by atoms with E-state index in [-0.39, 0.29) is 16.1 Å². The molecule has 0 saturated heterocycles. The fourth-order valence-electron chi connectivity index (χ4n) is 1.20. The molecular weight excluding hydrogens is 252 g/mol. The van der Waals surface area contributed by atoms with Crippen LogP contribution in [-0.4, -0.2) is 39.3 Å². The van der Waals surface area contributed by atoms with E-state index in [2.05, 4.69) is 46.2 Å². The highest BCUT2D eigenvalue weighted by Gasteiger charge is 2.26. The Morgan fingerprint density at radius 3 is 1.69 bits per heavy atom. The molecule has 0 aromatic rings. The van der Waals surface area contributed by atoms with E-state index in [0.717, 1.165) is 0 Å². The topological polar surface area (TPSA) is 27.7 Å². The Bertz CT molecular complexity index is 171. The minimum atomic E-state index is -1.55. The summed E-state index contributed by atoms with van der Waals surface area (Å²) in [4.78, 5) is 0. The molecule has 0 amide bonds. The van der Waals surface area contributed by atoms with Crippen molar-refractivity contribution in [2.24, 2.45) is 0 Å². The van der Waals surface area contributed by atoms with Gasteiger partial charge in [-0.2, -0.15) is 0 Å². The minimum absolute atomic E-state index is 0.141. The summed E-state index contributed by atoms with van der Waals surface area (Å²) in [6, 6.07) is 1.17. The van der Waals surface area contributed by atoms with Gasteiger partial charge in [-0.3, -0.25) is 0 Å². The van der Waals surface area contributed by atoms with E-state index in [9.17, 15) is 0 Å². The molecule has 0 aliphatic rings. The first kappa shape index (κ1) is 16.5. The molecule has 0 atom stereocenters. The standard InChI is InChI=1S/C10H28O3Si3/c1-8-14-11-9-10(12-15(2,3)4)13-16(5,6)7/h10H,8-9,14H2,1-7H3. The maximum atomic E-state index is 6.01. The Kier molecular flexibility index (Phi) is 7.31. The van der Waals surface area contributed by atoms with Crippen molar-refractivity contribution >= 4 is 26.4 Å². The fraction of sp³-hybridized carbons (Fsp3) is 1.00. The fourth-order valence-corrected chi connectivity index (χ4v) is 3.76. The molecule has 0 spiro atoms. The van der Waals surface area contributed by atoms with Gasteiger partial charge in [-0.25, -0.2) is 0 Å². The molecule has 0 heterocycles. The summed E-state index contributed by atoms with van der Waals surface area (Å²) in [6.07, 6.45) is -0.141. The highest BCUT2D eigenvalue weighted by molar-refractivity contribution is 6.70. The zero-order valence-corrected chi connectivity index (χ0v) is 15.3. The first-order valence-corrected chi connectivity index (χ1v) is 14.5. The third-order valence-corrected chi connectivity index (χ3v) is 4.45. The molecule has 0 fully saturated rings. The summed E-state index contributed by atoms with van der Waals surface area (Å²) in [5, 5.41) is 0. The molecule has 0 saturated carbocycles.